The van der Waals surface area contributed by atoms with Crippen LogP contribution in [0.3, 0.4) is 0 Å². The molecule has 6 nitrogen and oxygen atoms in total. The van der Waals surface area contributed by atoms with Crippen LogP contribution in [0.5, 0.6) is 5.19 Å². The Morgan fingerprint density at radius 3 is 2.81 bits per heavy atom. The van der Waals surface area contributed by atoms with Crippen LogP contribution in [0.15, 0.2) is 6.20 Å². The molecule has 0 aliphatic carbocycles. The van der Waals surface area contributed by atoms with Gasteiger partial charge in [-0.3, -0.25) is 4.79 Å². The van der Waals surface area contributed by atoms with Crippen molar-refractivity contribution in [2.24, 2.45) is 5.92 Å². The lowest BCUT2D eigenvalue weighted by Crippen LogP contribution is -2.10. The first kappa shape index (κ1) is 17.9. The number of nitrogens with zero attached hydrogens (tertiary/aromatic N) is 1. The quantitative estimate of drug-likeness (QED) is 0.455. The average molecular weight is 316 g/mol. The summed E-state index contributed by atoms with van der Waals surface area (Å²) in [6.45, 7) is 4.52. The fourth-order valence-corrected chi connectivity index (χ4v) is 2.38. The molecule has 1 aromatic rings. The maximum Gasteiger partial charge on any atom is 0.275 e. The number of nitrogens with one attached hydrogen (secondary N) is 1. The molecule has 1 amide bonds. The Morgan fingerprint density at radius 2 is 2.14 bits per heavy atom. The van der Waals surface area contributed by atoms with Crippen molar-refractivity contribution >= 4 is 22.2 Å². The van der Waals surface area contributed by atoms with Gasteiger partial charge in [-0.2, -0.15) is 0 Å². The molecule has 0 aromatic carbocycles. The highest BCUT2D eigenvalue weighted by atomic mass is 32.1. The van der Waals surface area contributed by atoms with Crippen molar-refractivity contribution in [2.75, 3.05) is 11.9 Å². The summed E-state index contributed by atoms with van der Waals surface area (Å²) in [5.41, 5.74) is 0. The number of carbonyl (C=O) groups excluding carboxylic acids is 1. The molecule has 3 N–H and O–H groups in total. The number of anilines is 1. The predicted molar refractivity (Wildman–Crippen MR) is 82.4 cm³/mol. The van der Waals surface area contributed by atoms with Gasteiger partial charge < -0.3 is 20.3 Å². The number of thiazole rings is 1. The Labute approximate surface area is 129 Å². The van der Waals surface area contributed by atoms with Crippen LogP contribution < -0.4 is 10.1 Å². The van der Waals surface area contributed by atoms with E-state index in [-0.39, 0.29) is 18.9 Å². The Balaban J connectivity index is 2.22. The lowest BCUT2D eigenvalue weighted by Gasteiger charge is -2.04. The van der Waals surface area contributed by atoms with Crippen molar-refractivity contribution in [2.45, 2.75) is 52.2 Å². The largest absolute Gasteiger partial charge is 0.470 e. The number of amides is 1. The van der Waals surface area contributed by atoms with Gasteiger partial charge in [0.25, 0.3) is 5.19 Å². The molecule has 0 saturated heterocycles. The highest BCUT2D eigenvalue weighted by Gasteiger charge is 2.08. The molecular weight excluding hydrogens is 292 g/mol. The molecule has 0 saturated carbocycles. The number of rotatable bonds is 10. The van der Waals surface area contributed by atoms with Gasteiger partial charge in [0, 0.05) is 12.8 Å². The van der Waals surface area contributed by atoms with Gasteiger partial charge in [-0.25, -0.2) is 4.98 Å². The SMILES string of the molecule is CC(C)CCCCC(=O)Nc1cnc(OCCC(O)O)s1. The lowest BCUT2D eigenvalue weighted by molar-refractivity contribution is -0.116. The lowest BCUT2D eigenvalue weighted by atomic mass is 10.1. The molecule has 1 rings (SSSR count). The van der Waals surface area contributed by atoms with Gasteiger partial charge in [-0.15, -0.1) is 0 Å². The molecule has 0 bridgehead atoms. The Hall–Kier alpha value is -1.18. The van der Waals surface area contributed by atoms with Gasteiger partial charge in [0.15, 0.2) is 6.29 Å². The van der Waals surface area contributed by atoms with E-state index in [1.807, 2.05) is 0 Å². The summed E-state index contributed by atoms with van der Waals surface area (Å²) in [6, 6.07) is 0. The first-order valence-electron chi connectivity index (χ1n) is 7.22. The second-order valence-electron chi connectivity index (χ2n) is 5.30. The van der Waals surface area contributed by atoms with Crippen molar-refractivity contribution < 1.29 is 19.7 Å². The molecule has 0 aliphatic heterocycles. The van der Waals surface area contributed by atoms with Crippen molar-refractivity contribution in [3.8, 4) is 5.19 Å². The molecule has 21 heavy (non-hydrogen) atoms. The molecule has 0 fully saturated rings. The maximum atomic E-state index is 11.7. The maximum absolute atomic E-state index is 11.7. The Morgan fingerprint density at radius 1 is 1.38 bits per heavy atom. The van der Waals surface area contributed by atoms with Crippen LogP contribution in [0.25, 0.3) is 0 Å². The first-order chi connectivity index (χ1) is 9.97. The van der Waals surface area contributed by atoms with E-state index in [2.05, 4.69) is 24.1 Å². The number of aromatic nitrogens is 1. The second kappa shape index (κ2) is 9.70. The monoisotopic (exact) mass is 316 g/mol. The summed E-state index contributed by atoms with van der Waals surface area (Å²) in [6.07, 6.45) is 3.89. The number of unbranched alkanes of at least 4 members (excludes halogenated alkanes) is 1. The zero-order chi connectivity index (χ0) is 15.7. The second-order valence-corrected chi connectivity index (χ2v) is 6.29. The smallest absolute Gasteiger partial charge is 0.275 e. The number of aliphatic hydroxyl groups excluding tert-OH is 1. The van der Waals surface area contributed by atoms with E-state index in [1.165, 1.54) is 11.3 Å². The van der Waals surface area contributed by atoms with Crippen LogP contribution in [0, 0.1) is 5.92 Å². The van der Waals surface area contributed by atoms with Crippen molar-refractivity contribution in [3.63, 3.8) is 0 Å². The number of hydrogen-bond donors (Lipinski definition) is 3. The molecular formula is C14H24N2O4S. The van der Waals surface area contributed by atoms with E-state index in [1.54, 1.807) is 6.20 Å². The van der Waals surface area contributed by atoms with Gasteiger partial charge in [-0.1, -0.05) is 38.0 Å². The van der Waals surface area contributed by atoms with Crippen LogP contribution in [-0.4, -0.2) is 34.0 Å². The van der Waals surface area contributed by atoms with Crippen molar-refractivity contribution in [1.29, 1.82) is 0 Å². The van der Waals surface area contributed by atoms with Crippen molar-refractivity contribution in [1.82, 2.24) is 4.98 Å². The van der Waals surface area contributed by atoms with Gasteiger partial charge >= 0.3 is 0 Å². The molecule has 1 aromatic heterocycles. The molecule has 0 spiro atoms. The molecule has 120 valence electrons. The van der Waals surface area contributed by atoms with Crippen LogP contribution in [0.1, 0.15) is 46.0 Å². The van der Waals surface area contributed by atoms with Crippen LogP contribution in [0.2, 0.25) is 0 Å². The zero-order valence-corrected chi connectivity index (χ0v) is 13.4. The van der Waals surface area contributed by atoms with Crippen LogP contribution in [0.4, 0.5) is 5.00 Å². The minimum absolute atomic E-state index is 0.0141. The summed E-state index contributed by atoms with van der Waals surface area (Å²) >= 11 is 1.23. The number of hydrogen-bond acceptors (Lipinski definition) is 6. The molecule has 7 heteroatoms. The Bertz CT molecular complexity index is 421. The van der Waals surface area contributed by atoms with Gasteiger partial charge in [0.1, 0.15) is 5.00 Å². The summed E-state index contributed by atoms with van der Waals surface area (Å²) in [5, 5.41) is 21.2. The summed E-state index contributed by atoms with van der Waals surface area (Å²) in [4.78, 5) is 15.7. The fourth-order valence-electron chi connectivity index (χ4n) is 1.67. The minimum Gasteiger partial charge on any atom is -0.470 e. The summed E-state index contributed by atoms with van der Waals surface area (Å²) in [5.74, 6) is 0.659. The molecule has 0 unspecified atom stereocenters. The zero-order valence-electron chi connectivity index (χ0n) is 12.5. The molecule has 0 radical (unpaired) electrons. The molecule has 0 atom stereocenters. The highest BCUT2D eigenvalue weighted by Crippen LogP contribution is 2.25. The third-order valence-electron chi connectivity index (χ3n) is 2.78. The predicted octanol–water partition coefficient (Wildman–Crippen LogP) is 2.38. The third-order valence-corrected chi connectivity index (χ3v) is 3.61. The van der Waals surface area contributed by atoms with E-state index in [4.69, 9.17) is 14.9 Å². The molecule has 0 aliphatic rings. The number of aliphatic hydroxyl groups is 2. The number of carbonyl (C=O) groups is 1. The third kappa shape index (κ3) is 8.64. The van der Waals surface area contributed by atoms with Gasteiger partial charge in [0.05, 0.1) is 12.8 Å². The molecule has 1 heterocycles. The van der Waals surface area contributed by atoms with E-state index in [9.17, 15) is 4.79 Å². The summed E-state index contributed by atoms with van der Waals surface area (Å²) < 4.78 is 5.24. The van der Waals surface area contributed by atoms with Crippen LogP contribution in [-0.2, 0) is 4.79 Å². The van der Waals surface area contributed by atoms with E-state index >= 15 is 0 Å². The van der Waals surface area contributed by atoms with E-state index in [0.717, 1.165) is 19.3 Å². The first-order valence-corrected chi connectivity index (χ1v) is 8.03. The van der Waals surface area contributed by atoms with E-state index < -0.39 is 6.29 Å². The minimum atomic E-state index is -1.38. The highest BCUT2D eigenvalue weighted by molar-refractivity contribution is 7.17. The summed E-state index contributed by atoms with van der Waals surface area (Å²) in [7, 11) is 0. The standard InChI is InChI=1S/C14H24N2O4S/c1-10(2)5-3-4-6-11(17)16-12-9-15-14(21-12)20-8-7-13(18)19/h9-10,13,18-19H,3-8H2,1-2H3,(H,16,17). The normalized spacial score (nSPS) is 11.1. The average Bonchev–Trinajstić information content (AvgIpc) is 2.81. The Kier molecular flexibility index (Phi) is 8.26. The number of ether oxygens (including phenoxy) is 1. The van der Waals surface area contributed by atoms with Gasteiger partial charge in [0.2, 0.25) is 5.91 Å². The van der Waals surface area contributed by atoms with Crippen LogP contribution >= 0.6 is 11.3 Å². The van der Waals surface area contributed by atoms with Gasteiger partial charge in [-0.05, 0) is 12.3 Å². The fraction of sp³-hybridized carbons (Fsp3) is 0.714. The topological polar surface area (TPSA) is 91.7 Å². The van der Waals surface area contributed by atoms with Crippen molar-refractivity contribution in [3.05, 3.63) is 6.20 Å². The van der Waals surface area contributed by atoms with E-state index in [0.29, 0.717) is 22.5 Å².